The van der Waals surface area contributed by atoms with E-state index in [1.807, 2.05) is 12.1 Å². The number of hydrogen-bond acceptors (Lipinski definition) is 2. The van der Waals surface area contributed by atoms with Crippen molar-refractivity contribution in [1.29, 1.82) is 0 Å². The summed E-state index contributed by atoms with van der Waals surface area (Å²) in [6, 6.07) is 8.34. The van der Waals surface area contributed by atoms with Gasteiger partial charge in [-0.3, -0.25) is 0 Å². The standard InChI is InChI=1S/C29H52O2/c1-2-3-4-5-6-7-8-9-10-11-12-13-14-15-16-17-18-19-20-21-28-22-24-29(25-23-28)31-27-26-30/h22-25,30H,2-21,26-27H2,1H3. The fraction of sp³-hybridized carbons (Fsp3) is 0.793. The Kier molecular flexibility index (Phi) is 20.0. The summed E-state index contributed by atoms with van der Waals surface area (Å²) in [6.45, 7) is 2.74. The third-order valence-corrected chi connectivity index (χ3v) is 6.35. The van der Waals surface area contributed by atoms with Crippen molar-refractivity contribution < 1.29 is 9.84 Å². The van der Waals surface area contributed by atoms with Crippen LogP contribution in [-0.4, -0.2) is 18.3 Å². The predicted octanol–water partition coefficient (Wildman–Crippen LogP) is 9.03. The topological polar surface area (TPSA) is 29.5 Å². The van der Waals surface area contributed by atoms with Gasteiger partial charge in [0.05, 0.1) is 6.61 Å². The second kappa shape index (κ2) is 22.2. The Hall–Kier alpha value is -1.02. The molecule has 0 saturated heterocycles. The van der Waals surface area contributed by atoms with Crippen molar-refractivity contribution in [3.63, 3.8) is 0 Å². The summed E-state index contributed by atoms with van der Waals surface area (Å²) in [7, 11) is 0. The fourth-order valence-electron chi connectivity index (χ4n) is 4.32. The van der Waals surface area contributed by atoms with Crippen LogP contribution >= 0.6 is 0 Å². The molecule has 1 rings (SSSR count). The first kappa shape index (κ1) is 28.0. The molecule has 0 aromatic heterocycles. The SMILES string of the molecule is CCCCCCCCCCCCCCCCCCCCCc1ccc(OCCO)cc1. The molecule has 0 amide bonds. The summed E-state index contributed by atoms with van der Waals surface area (Å²) < 4.78 is 5.40. The fourth-order valence-corrected chi connectivity index (χ4v) is 4.32. The molecule has 0 saturated carbocycles. The first-order valence-electron chi connectivity index (χ1n) is 13.7. The van der Waals surface area contributed by atoms with E-state index in [2.05, 4.69) is 19.1 Å². The van der Waals surface area contributed by atoms with E-state index in [0.717, 1.165) is 5.75 Å². The molecular formula is C29H52O2. The smallest absolute Gasteiger partial charge is 0.119 e. The molecule has 0 spiro atoms. The van der Waals surface area contributed by atoms with Crippen LogP contribution < -0.4 is 4.74 Å². The Bertz CT molecular complexity index is 468. The summed E-state index contributed by atoms with van der Waals surface area (Å²) in [5, 5.41) is 8.78. The van der Waals surface area contributed by atoms with E-state index in [9.17, 15) is 0 Å². The summed E-state index contributed by atoms with van der Waals surface area (Å²) in [5.74, 6) is 0.853. The van der Waals surface area contributed by atoms with Crippen LogP contribution in [0.2, 0.25) is 0 Å². The van der Waals surface area contributed by atoms with E-state index in [-0.39, 0.29) is 6.61 Å². The van der Waals surface area contributed by atoms with Crippen LogP contribution in [0, 0.1) is 0 Å². The molecule has 0 aliphatic heterocycles. The molecule has 1 aromatic rings. The molecular weight excluding hydrogens is 380 g/mol. The van der Waals surface area contributed by atoms with Gasteiger partial charge in [0.15, 0.2) is 0 Å². The van der Waals surface area contributed by atoms with Crippen LogP contribution in [0.5, 0.6) is 5.75 Å². The van der Waals surface area contributed by atoms with E-state index >= 15 is 0 Å². The second-order valence-electron chi connectivity index (χ2n) is 9.33. The van der Waals surface area contributed by atoms with Gasteiger partial charge in [0.1, 0.15) is 12.4 Å². The molecule has 0 aliphatic carbocycles. The van der Waals surface area contributed by atoms with Crippen molar-refractivity contribution in [3.05, 3.63) is 29.8 Å². The quantitative estimate of drug-likeness (QED) is 0.175. The van der Waals surface area contributed by atoms with Crippen molar-refractivity contribution in [2.75, 3.05) is 13.2 Å². The number of hydrogen-bond donors (Lipinski definition) is 1. The van der Waals surface area contributed by atoms with Crippen LogP contribution in [0.15, 0.2) is 24.3 Å². The Morgan fingerprint density at radius 1 is 0.548 bits per heavy atom. The second-order valence-corrected chi connectivity index (χ2v) is 9.33. The van der Waals surface area contributed by atoms with E-state index in [1.165, 1.54) is 134 Å². The lowest BCUT2D eigenvalue weighted by atomic mass is 10.0. The molecule has 0 unspecified atom stereocenters. The average molecular weight is 433 g/mol. The minimum Gasteiger partial charge on any atom is -0.491 e. The van der Waals surface area contributed by atoms with Gasteiger partial charge in [0.25, 0.3) is 0 Å². The number of rotatable bonds is 23. The van der Waals surface area contributed by atoms with Crippen molar-refractivity contribution in [2.45, 2.75) is 135 Å². The maximum absolute atomic E-state index is 8.78. The summed E-state index contributed by atoms with van der Waals surface area (Å²) in [5.41, 5.74) is 1.39. The van der Waals surface area contributed by atoms with Crippen LogP contribution in [-0.2, 0) is 6.42 Å². The zero-order chi connectivity index (χ0) is 22.2. The predicted molar refractivity (Wildman–Crippen MR) is 136 cm³/mol. The van der Waals surface area contributed by atoms with E-state index < -0.39 is 0 Å². The highest BCUT2D eigenvalue weighted by atomic mass is 16.5. The minimum atomic E-state index is 0.0705. The summed E-state index contributed by atoms with van der Waals surface area (Å²) >= 11 is 0. The van der Waals surface area contributed by atoms with Gasteiger partial charge in [0.2, 0.25) is 0 Å². The van der Waals surface area contributed by atoms with Crippen molar-refractivity contribution in [3.8, 4) is 5.75 Å². The number of unbranched alkanes of at least 4 members (excludes halogenated alkanes) is 18. The molecule has 180 valence electrons. The molecule has 0 fully saturated rings. The third kappa shape index (κ3) is 18.3. The molecule has 0 aliphatic rings. The summed E-state index contributed by atoms with van der Waals surface area (Å²) in [4.78, 5) is 0. The van der Waals surface area contributed by atoms with E-state index in [0.29, 0.717) is 6.61 Å². The van der Waals surface area contributed by atoms with Gasteiger partial charge >= 0.3 is 0 Å². The van der Waals surface area contributed by atoms with Gasteiger partial charge in [0, 0.05) is 0 Å². The molecule has 0 heterocycles. The van der Waals surface area contributed by atoms with Gasteiger partial charge < -0.3 is 9.84 Å². The monoisotopic (exact) mass is 432 g/mol. The molecule has 0 bridgehead atoms. The lowest BCUT2D eigenvalue weighted by Crippen LogP contribution is -2.01. The molecule has 0 atom stereocenters. The van der Waals surface area contributed by atoms with Gasteiger partial charge in [-0.2, -0.15) is 0 Å². The van der Waals surface area contributed by atoms with Crippen LogP contribution in [0.1, 0.15) is 134 Å². The normalized spacial score (nSPS) is 11.2. The van der Waals surface area contributed by atoms with E-state index in [4.69, 9.17) is 9.84 Å². The van der Waals surface area contributed by atoms with Gasteiger partial charge in [-0.1, -0.05) is 135 Å². The molecule has 1 aromatic carbocycles. The molecule has 2 heteroatoms. The van der Waals surface area contributed by atoms with Crippen molar-refractivity contribution >= 4 is 0 Å². The Labute approximate surface area is 194 Å². The first-order chi connectivity index (χ1) is 15.4. The Morgan fingerprint density at radius 2 is 0.935 bits per heavy atom. The van der Waals surface area contributed by atoms with Gasteiger partial charge in [-0.25, -0.2) is 0 Å². The lowest BCUT2D eigenvalue weighted by Gasteiger charge is -2.06. The van der Waals surface area contributed by atoms with E-state index in [1.54, 1.807) is 0 Å². The average Bonchev–Trinajstić information content (AvgIpc) is 2.80. The number of aliphatic hydroxyl groups is 1. The highest BCUT2D eigenvalue weighted by Crippen LogP contribution is 2.16. The largest absolute Gasteiger partial charge is 0.491 e. The Morgan fingerprint density at radius 3 is 1.32 bits per heavy atom. The Balaban J connectivity index is 1.76. The van der Waals surface area contributed by atoms with Crippen molar-refractivity contribution in [2.24, 2.45) is 0 Å². The summed E-state index contributed by atoms with van der Waals surface area (Å²) in [6.07, 6.45) is 28.3. The molecule has 2 nitrogen and oxygen atoms in total. The maximum atomic E-state index is 8.78. The zero-order valence-corrected chi connectivity index (χ0v) is 20.7. The molecule has 0 radical (unpaired) electrons. The molecule has 1 N–H and O–H groups in total. The zero-order valence-electron chi connectivity index (χ0n) is 20.7. The van der Waals surface area contributed by atoms with Crippen molar-refractivity contribution in [1.82, 2.24) is 0 Å². The van der Waals surface area contributed by atoms with Gasteiger partial charge in [-0.05, 0) is 30.5 Å². The van der Waals surface area contributed by atoms with Crippen LogP contribution in [0.4, 0.5) is 0 Å². The third-order valence-electron chi connectivity index (χ3n) is 6.35. The lowest BCUT2D eigenvalue weighted by molar-refractivity contribution is 0.201. The molecule has 31 heavy (non-hydrogen) atoms. The highest BCUT2D eigenvalue weighted by molar-refractivity contribution is 5.27. The number of aryl methyl sites for hydroxylation is 1. The number of benzene rings is 1. The van der Waals surface area contributed by atoms with Crippen LogP contribution in [0.25, 0.3) is 0 Å². The highest BCUT2D eigenvalue weighted by Gasteiger charge is 1.98. The minimum absolute atomic E-state index is 0.0705. The van der Waals surface area contributed by atoms with Gasteiger partial charge in [-0.15, -0.1) is 0 Å². The van der Waals surface area contributed by atoms with Crippen LogP contribution in [0.3, 0.4) is 0 Å². The number of aliphatic hydroxyl groups excluding tert-OH is 1. The number of ether oxygens (including phenoxy) is 1. The maximum Gasteiger partial charge on any atom is 0.119 e. The first-order valence-corrected chi connectivity index (χ1v) is 13.7.